The maximum Gasteiger partial charge on any atom is 0.326 e. The number of rotatable bonds is 14. The molecule has 0 aliphatic rings. The molecule has 0 rings (SSSR count). The predicted molar refractivity (Wildman–Crippen MR) is 106 cm³/mol. The molecule has 0 aromatic rings. The Hall–Kier alpha value is -2.54. The highest BCUT2D eigenvalue weighted by Crippen LogP contribution is 2.05. The summed E-state index contributed by atoms with van der Waals surface area (Å²) in [5.74, 6) is -2.94. The van der Waals surface area contributed by atoms with Gasteiger partial charge in [0, 0.05) is 6.54 Å². The monoisotopic (exact) mass is 419 g/mol. The van der Waals surface area contributed by atoms with E-state index in [-0.39, 0.29) is 31.8 Å². The van der Waals surface area contributed by atoms with Gasteiger partial charge in [0.25, 0.3) is 0 Å². The van der Waals surface area contributed by atoms with Crippen LogP contribution in [0.5, 0.6) is 0 Å². The number of hydrogen-bond acceptors (Lipinski definition) is 7. The van der Waals surface area contributed by atoms with Crippen LogP contribution in [0.4, 0.5) is 0 Å². The van der Waals surface area contributed by atoms with E-state index in [1.54, 1.807) is 0 Å². The third-order valence-corrected chi connectivity index (χ3v) is 4.21. The molecule has 0 aliphatic carbocycles. The van der Waals surface area contributed by atoms with Crippen LogP contribution in [-0.2, 0) is 19.2 Å². The van der Waals surface area contributed by atoms with Crippen LogP contribution in [0.1, 0.15) is 25.7 Å². The Morgan fingerprint density at radius 3 is 2.14 bits per heavy atom. The van der Waals surface area contributed by atoms with E-state index in [1.165, 1.54) is 11.8 Å². The number of carbonyl (C=O) groups excluding carboxylic acids is 3. The van der Waals surface area contributed by atoms with Crippen molar-refractivity contribution < 1.29 is 24.3 Å². The lowest BCUT2D eigenvalue weighted by molar-refractivity contribution is -0.142. The van der Waals surface area contributed by atoms with E-state index in [0.717, 1.165) is 0 Å². The van der Waals surface area contributed by atoms with Gasteiger partial charge in [0.1, 0.15) is 12.1 Å². The molecule has 0 aliphatic heterocycles. The molecular formula is C15H29N7O5S. The first kappa shape index (κ1) is 25.5. The highest BCUT2D eigenvalue weighted by molar-refractivity contribution is 7.98. The molecule has 0 unspecified atom stereocenters. The summed E-state index contributed by atoms with van der Waals surface area (Å²) in [6.45, 7) is 0.219. The lowest BCUT2D eigenvalue weighted by Gasteiger charge is -2.22. The third kappa shape index (κ3) is 11.2. The zero-order chi connectivity index (χ0) is 21.7. The summed E-state index contributed by atoms with van der Waals surface area (Å²) >= 11 is 1.45. The number of guanidine groups is 1. The Kier molecular flexibility index (Phi) is 12.4. The standard InChI is InChI=1S/C15H29N7O5S/c1-28-6-4-9(21-12(24)8(16)7-11(17)23)13(25)22-10(14(26)27)3-2-5-20-15(18)19/h8-10H,2-7,16H2,1H3,(H2,17,23)(H,21,24)(H,22,25)(H,26,27)(H4,18,19,20)/t8-,9-,10-/m0/s1. The Morgan fingerprint density at radius 2 is 1.64 bits per heavy atom. The number of carboxylic acids is 1. The largest absolute Gasteiger partial charge is 0.480 e. The topological polar surface area (TPSA) is 229 Å². The van der Waals surface area contributed by atoms with Crippen molar-refractivity contribution in [2.75, 3.05) is 18.6 Å². The van der Waals surface area contributed by atoms with Crippen molar-refractivity contribution in [1.82, 2.24) is 10.6 Å². The molecule has 0 heterocycles. The van der Waals surface area contributed by atoms with E-state index in [2.05, 4.69) is 15.6 Å². The van der Waals surface area contributed by atoms with E-state index in [9.17, 15) is 24.3 Å². The second-order valence-electron chi connectivity index (χ2n) is 5.97. The van der Waals surface area contributed by atoms with Gasteiger partial charge in [-0.1, -0.05) is 0 Å². The van der Waals surface area contributed by atoms with E-state index in [1.807, 2.05) is 6.26 Å². The van der Waals surface area contributed by atoms with Crippen molar-refractivity contribution in [2.24, 2.45) is 27.9 Å². The number of aliphatic imine (C=N–C) groups is 1. The third-order valence-electron chi connectivity index (χ3n) is 3.56. The summed E-state index contributed by atoms with van der Waals surface area (Å²) in [4.78, 5) is 50.6. The molecule has 28 heavy (non-hydrogen) atoms. The Balaban J connectivity index is 4.94. The molecule has 0 aromatic carbocycles. The molecule has 0 spiro atoms. The van der Waals surface area contributed by atoms with Crippen LogP contribution in [-0.4, -0.2) is 71.4 Å². The maximum atomic E-state index is 12.5. The average Bonchev–Trinajstić information content (AvgIpc) is 2.59. The van der Waals surface area contributed by atoms with E-state index in [0.29, 0.717) is 12.2 Å². The number of carbonyl (C=O) groups is 4. The first-order valence-electron chi connectivity index (χ1n) is 8.50. The van der Waals surface area contributed by atoms with Gasteiger partial charge in [-0.15, -0.1) is 0 Å². The zero-order valence-electron chi connectivity index (χ0n) is 15.7. The normalized spacial score (nSPS) is 13.6. The molecule has 13 heteroatoms. The minimum atomic E-state index is -1.22. The van der Waals surface area contributed by atoms with Gasteiger partial charge in [-0.3, -0.25) is 19.4 Å². The van der Waals surface area contributed by atoms with E-state index in [4.69, 9.17) is 22.9 Å². The smallest absolute Gasteiger partial charge is 0.326 e. The molecule has 0 aromatic heterocycles. The summed E-state index contributed by atoms with van der Waals surface area (Å²) < 4.78 is 0. The number of nitrogens with zero attached hydrogens (tertiary/aromatic N) is 1. The minimum Gasteiger partial charge on any atom is -0.480 e. The maximum absolute atomic E-state index is 12.5. The average molecular weight is 420 g/mol. The van der Waals surface area contributed by atoms with Gasteiger partial charge in [-0.25, -0.2) is 4.79 Å². The Morgan fingerprint density at radius 1 is 1.04 bits per heavy atom. The summed E-state index contributed by atoms with van der Waals surface area (Å²) in [6, 6.07) is -3.37. The van der Waals surface area contributed by atoms with E-state index >= 15 is 0 Å². The predicted octanol–water partition coefficient (Wildman–Crippen LogP) is -2.95. The summed E-state index contributed by atoms with van der Waals surface area (Å²) in [7, 11) is 0. The summed E-state index contributed by atoms with van der Waals surface area (Å²) in [5.41, 5.74) is 21.0. The van der Waals surface area contributed by atoms with Crippen LogP contribution < -0.4 is 33.6 Å². The number of aliphatic carboxylic acids is 1. The van der Waals surface area contributed by atoms with Gasteiger partial charge in [-0.2, -0.15) is 11.8 Å². The van der Waals surface area contributed by atoms with Crippen molar-refractivity contribution in [3.63, 3.8) is 0 Å². The Labute approximate surface area is 167 Å². The van der Waals surface area contributed by atoms with Crippen molar-refractivity contribution in [3.05, 3.63) is 0 Å². The first-order valence-corrected chi connectivity index (χ1v) is 9.89. The van der Waals surface area contributed by atoms with Gasteiger partial charge in [0.2, 0.25) is 17.7 Å². The van der Waals surface area contributed by atoms with Crippen LogP contribution >= 0.6 is 11.8 Å². The fourth-order valence-corrected chi connectivity index (χ4v) is 2.60. The van der Waals surface area contributed by atoms with Crippen molar-refractivity contribution >= 4 is 41.4 Å². The quantitative estimate of drug-likeness (QED) is 0.0865. The number of primary amides is 1. The van der Waals surface area contributed by atoms with Crippen LogP contribution in [0, 0.1) is 0 Å². The highest BCUT2D eigenvalue weighted by atomic mass is 32.2. The lowest BCUT2D eigenvalue weighted by atomic mass is 10.1. The van der Waals surface area contributed by atoms with Crippen LogP contribution in [0.15, 0.2) is 4.99 Å². The van der Waals surface area contributed by atoms with Gasteiger partial charge in [0.05, 0.1) is 12.5 Å². The van der Waals surface area contributed by atoms with Gasteiger partial charge >= 0.3 is 5.97 Å². The first-order chi connectivity index (χ1) is 13.1. The fourth-order valence-electron chi connectivity index (χ4n) is 2.13. The van der Waals surface area contributed by atoms with Gasteiger partial charge in [0.15, 0.2) is 5.96 Å². The van der Waals surface area contributed by atoms with Gasteiger partial charge < -0.3 is 38.7 Å². The van der Waals surface area contributed by atoms with Crippen molar-refractivity contribution in [1.29, 1.82) is 0 Å². The molecule has 11 N–H and O–H groups in total. The van der Waals surface area contributed by atoms with Gasteiger partial charge in [-0.05, 0) is 31.3 Å². The van der Waals surface area contributed by atoms with Crippen LogP contribution in [0.3, 0.4) is 0 Å². The number of amides is 3. The molecule has 0 saturated carbocycles. The second kappa shape index (κ2) is 13.6. The van der Waals surface area contributed by atoms with Crippen LogP contribution in [0.25, 0.3) is 0 Å². The summed E-state index contributed by atoms with van der Waals surface area (Å²) in [6.07, 6.45) is 2.13. The van der Waals surface area contributed by atoms with E-state index < -0.39 is 41.8 Å². The number of hydrogen-bond donors (Lipinski definition) is 7. The number of thioether (sulfide) groups is 1. The number of nitrogens with one attached hydrogen (secondary N) is 2. The molecule has 160 valence electrons. The molecule has 0 bridgehead atoms. The lowest BCUT2D eigenvalue weighted by Crippen LogP contribution is -2.55. The fraction of sp³-hybridized carbons (Fsp3) is 0.667. The number of nitrogens with two attached hydrogens (primary N) is 4. The molecule has 0 fully saturated rings. The second-order valence-corrected chi connectivity index (χ2v) is 6.95. The van der Waals surface area contributed by atoms with Crippen molar-refractivity contribution in [2.45, 2.75) is 43.8 Å². The Bertz CT molecular complexity index is 583. The SMILES string of the molecule is CSCC[C@H](NC(=O)[C@@H](N)CC(N)=O)C(=O)N[C@@H](CCCN=C(N)N)C(=O)O. The molecule has 0 radical (unpaired) electrons. The minimum absolute atomic E-state index is 0.0994. The van der Waals surface area contributed by atoms with Crippen molar-refractivity contribution in [3.8, 4) is 0 Å². The highest BCUT2D eigenvalue weighted by Gasteiger charge is 2.27. The molecule has 12 nitrogen and oxygen atoms in total. The van der Waals surface area contributed by atoms with Crippen LogP contribution in [0.2, 0.25) is 0 Å². The summed E-state index contributed by atoms with van der Waals surface area (Å²) in [5, 5.41) is 14.1. The zero-order valence-corrected chi connectivity index (χ0v) is 16.5. The molecule has 3 atom stereocenters. The molecule has 0 saturated heterocycles. The molecular weight excluding hydrogens is 390 g/mol. The number of carboxylic acid groups (broad SMARTS) is 1. The molecule has 3 amide bonds.